The zero-order valence-corrected chi connectivity index (χ0v) is 24.4. The van der Waals surface area contributed by atoms with Crippen LogP contribution in [-0.2, 0) is 22.4 Å². The number of amides is 2. The van der Waals surface area contributed by atoms with Crippen molar-refractivity contribution in [2.24, 2.45) is 0 Å². The summed E-state index contributed by atoms with van der Waals surface area (Å²) in [6, 6.07) is 24.3. The van der Waals surface area contributed by atoms with Crippen molar-refractivity contribution in [3.8, 4) is 6.07 Å². The first-order valence-corrected chi connectivity index (χ1v) is 14.7. The number of thiazole rings is 1. The largest absolute Gasteiger partial charge is 0.297 e. The fourth-order valence-electron chi connectivity index (χ4n) is 4.23. The molecule has 40 heavy (non-hydrogen) atoms. The molecular weight excluding hydrogens is 583 g/mol. The van der Waals surface area contributed by atoms with Crippen molar-refractivity contribution in [1.29, 1.82) is 5.26 Å². The lowest BCUT2D eigenvalue weighted by atomic mass is 10.1. The highest BCUT2D eigenvalue weighted by Crippen LogP contribution is 2.42. The van der Waals surface area contributed by atoms with Gasteiger partial charge in [-0.05, 0) is 60.4 Å². The number of nitriles is 1. The van der Waals surface area contributed by atoms with E-state index in [2.05, 4.69) is 10.3 Å². The molecule has 0 aliphatic carbocycles. The monoisotopic (exact) mass is 604 g/mol. The predicted octanol–water partition coefficient (Wildman–Crippen LogP) is 7.41. The molecule has 5 rings (SSSR count). The first kappa shape index (κ1) is 27.9. The zero-order valence-electron chi connectivity index (χ0n) is 21.2. The third kappa shape index (κ3) is 6.24. The molecule has 1 saturated heterocycles. The first-order chi connectivity index (χ1) is 19.3. The highest BCUT2D eigenvalue weighted by atomic mass is 35.5. The Morgan fingerprint density at radius 1 is 1.07 bits per heavy atom. The van der Waals surface area contributed by atoms with Crippen molar-refractivity contribution in [2.45, 2.75) is 25.0 Å². The van der Waals surface area contributed by atoms with Crippen LogP contribution in [0.2, 0.25) is 10.0 Å². The van der Waals surface area contributed by atoms with E-state index < -0.39 is 11.2 Å². The molecule has 4 aromatic rings. The Hall–Kier alpha value is -3.61. The van der Waals surface area contributed by atoms with Gasteiger partial charge in [0.25, 0.3) is 5.91 Å². The molecule has 2 heterocycles. The van der Waals surface area contributed by atoms with Gasteiger partial charge < -0.3 is 0 Å². The molecule has 1 fully saturated rings. The van der Waals surface area contributed by atoms with Crippen molar-refractivity contribution in [1.82, 2.24) is 4.98 Å². The van der Waals surface area contributed by atoms with Crippen molar-refractivity contribution in [3.63, 3.8) is 0 Å². The standard InChI is InChI=1S/C30H22Cl2N4O2S2/c1-18-10-11-20(14-25(18)32)15-26-28(38)36(22-8-3-2-4-9-22)29(40-26)24(16-33)27(37)35-30-34-17-23(39-30)13-19-6-5-7-21(31)12-19/h2-12,14,17,26H,13,15H2,1H3,(H,34,35,37)/b29-24-/t26-/m1/s1. The van der Waals surface area contributed by atoms with Gasteiger partial charge >= 0.3 is 0 Å². The van der Waals surface area contributed by atoms with Crippen LogP contribution in [0.4, 0.5) is 10.8 Å². The van der Waals surface area contributed by atoms with Gasteiger partial charge in [0.15, 0.2) is 5.13 Å². The molecule has 0 radical (unpaired) electrons. The number of hydrogen-bond acceptors (Lipinski definition) is 6. The van der Waals surface area contributed by atoms with Gasteiger partial charge in [0.1, 0.15) is 16.7 Å². The molecular formula is C30H22Cl2N4O2S2. The molecule has 1 aliphatic rings. The average molecular weight is 606 g/mol. The molecule has 0 unspecified atom stereocenters. The number of carbonyl (C=O) groups excluding carboxylic acids is 2. The van der Waals surface area contributed by atoms with E-state index in [1.54, 1.807) is 30.5 Å². The number of nitrogens with one attached hydrogen (secondary N) is 1. The van der Waals surface area contributed by atoms with Gasteiger partial charge in [-0.15, -0.1) is 11.3 Å². The van der Waals surface area contributed by atoms with E-state index in [4.69, 9.17) is 23.2 Å². The lowest BCUT2D eigenvalue weighted by Gasteiger charge is -2.18. The van der Waals surface area contributed by atoms with Crippen molar-refractivity contribution < 1.29 is 9.59 Å². The van der Waals surface area contributed by atoms with Gasteiger partial charge in [-0.3, -0.25) is 19.8 Å². The van der Waals surface area contributed by atoms with E-state index in [0.717, 1.165) is 21.6 Å². The highest BCUT2D eigenvalue weighted by molar-refractivity contribution is 8.05. The van der Waals surface area contributed by atoms with Crippen LogP contribution in [0.1, 0.15) is 21.6 Å². The quantitative estimate of drug-likeness (QED) is 0.175. The fraction of sp³-hybridized carbons (Fsp3) is 0.133. The lowest BCUT2D eigenvalue weighted by molar-refractivity contribution is -0.117. The van der Waals surface area contributed by atoms with E-state index in [9.17, 15) is 14.9 Å². The van der Waals surface area contributed by atoms with Crippen LogP contribution < -0.4 is 10.2 Å². The number of carbonyl (C=O) groups is 2. The molecule has 3 aromatic carbocycles. The Bertz CT molecular complexity index is 1660. The van der Waals surface area contributed by atoms with E-state index in [-0.39, 0.29) is 16.5 Å². The molecule has 1 N–H and O–H groups in total. The minimum atomic E-state index is -0.624. The number of hydrogen-bond donors (Lipinski definition) is 1. The van der Waals surface area contributed by atoms with Crippen molar-refractivity contribution >= 4 is 68.9 Å². The molecule has 0 saturated carbocycles. The molecule has 200 valence electrons. The summed E-state index contributed by atoms with van der Waals surface area (Å²) in [5.74, 6) is -0.831. The minimum absolute atomic E-state index is 0.154. The SMILES string of the molecule is Cc1ccc(C[C@H]2S/C(=C(/C#N)C(=O)Nc3ncc(Cc4cccc(Cl)c4)s3)N(c3ccccc3)C2=O)cc1Cl. The first-order valence-electron chi connectivity index (χ1n) is 12.3. The van der Waals surface area contributed by atoms with Crippen LogP contribution in [0.15, 0.2) is 89.6 Å². The van der Waals surface area contributed by atoms with E-state index in [1.807, 2.05) is 61.5 Å². The molecule has 2 amide bonds. The van der Waals surface area contributed by atoms with Crippen molar-refractivity contribution in [3.05, 3.63) is 121 Å². The maximum absolute atomic E-state index is 13.7. The number of para-hydroxylation sites is 1. The molecule has 1 aromatic heterocycles. The zero-order chi connectivity index (χ0) is 28.2. The second kappa shape index (κ2) is 12.3. The number of nitrogens with zero attached hydrogens (tertiary/aromatic N) is 3. The summed E-state index contributed by atoms with van der Waals surface area (Å²) in [6.07, 6.45) is 2.69. The molecule has 10 heteroatoms. The van der Waals surface area contributed by atoms with Crippen LogP contribution in [-0.4, -0.2) is 22.0 Å². The van der Waals surface area contributed by atoms with Crippen LogP contribution in [0.5, 0.6) is 0 Å². The van der Waals surface area contributed by atoms with E-state index in [1.165, 1.54) is 28.0 Å². The summed E-state index contributed by atoms with van der Waals surface area (Å²) < 4.78 is 0. The Labute approximate surface area is 250 Å². The lowest BCUT2D eigenvalue weighted by Crippen LogP contribution is -2.30. The average Bonchev–Trinajstić information content (AvgIpc) is 3.50. The third-order valence-electron chi connectivity index (χ3n) is 6.22. The van der Waals surface area contributed by atoms with Gasteiger partial charge in [-0.1, -0.05) is 77.4 Å². The second-order valence-electron chi connectivity index (χ2n) is 9.09. The van der Waals surface area contributed by atoms with Crippen LogP contribution in [0, 0.1) is 18.3 Å². The number of halogens is 2. The summed E-state index contributed by atoms with van der Waals surface area (Å²) in [7, 11) is 0. The number of benzene rings is 3. The van der Waals surface area contributed by atoms with Gasteiger partial charge in [-0.25, -0.2) is 4.98 Å². The summed E-state index contributed by atoms with van der Waals surface area (Å²) >= 11 is 14.9. The summed E-state index contributed by atoms with van der Waals surface area (Å²) in [4.78, 5) is 33.7. The smallest absolute Gasteiger partial charge is 0.270 e. The molecule has 1 atom stereocenters. The van der Waals surface area contributed by atoms with Crippen LogP contribution >= 0.6 is 46.3 Å². The third-order valence-corrected chi connectivity index (χ3v) is 9.04. The number of thioether (sulfide) groups is 1. The highest BCUT2D eigenvalue weighted by Gasteiger charge is 2.41. The van der Waals surface area contributed by atoms with Gasteiger partial charge in [0.2, 0.25) is 5.91 Å². The number of aryl methyl sites for hydroxylation is 1. The summed E-state index contributed by atoms with van der Waals surface area (Å²) in [5, 5.41) is 14.2. The molecule has 0 bridgehead atoms. The maximum atomic E-state index is 13.7. The Balaban J connectivity index is 1.41. The number of anilines is 2. The summed E-state index contributed by atoms with van der Waals surface area (Å²) in [6.45, 7) is 1.92. The Morgan fingerprint density at radius 3 is 2.60 bits per heavy atom. The van der Waals surface area contributed by atoms with Gasteiger partial charge in [0, 0.05) is 33.2 Å². The fourth-order valence-corrected chi connectivity index (χ4v) is 6.80. The Morgan fingerprint density at radius 2 is 1.88 bits per heavy atom. The van der Waals surface area contributed by atoms with E-state index in [0.29, 0.717) is 33.7 Å². The number of rotatable bonds is 7. The van der Waals surface area contributed by atoms with Crippen LogP contribution in [0.25, 0.3) is 0 Å². The molecule has 0 spiro atoms. The minimum Gasteiger partial charge on any atom is -0.297 e. The van der Waals surface area contributed by atoms with Gasteiger partial charge in [-0.2, -0.15) is 5.26 Å². The topological polar surface area (TPSA) is 86.1 Å². The van der Waals surface area contributed by atoms with E-state index >= 15 is 0 Å². The Kier molecular flexibility index (Phi) is 8.57. The normalized spacial score (nSPS) is 16.1. The van der Waals surface area contributed by atoms with Crippen LogP contribution in [0.3, 0.4) is 0 Å². The summed E-state index contributed by atoms with van der Waals surface area (Å²) in [5.41, 5.74) is 3.29. The second-order valence-corrected chi connectivity index (χ2v) is 12.2. The predicted molar refractivity (Wildman–Crippen MR) is 163 cm³/mol. The molecule has 6 nitrogen and oxygen atoms in total. The van der Waals surface area contributed by atoms with Crippen molar-refractivity contribution in [2.75, 3.05) is 10.2 Å². The van der Waals surface area contributed by atoms with Gasteiger partial charge in [0.05, 0.1) is 5.25 Å². The maximum Gasteiger partial charge on any atom is 0.270 e. The molecule has 1 aliphatic heterocycles. The number of aromatic nitrogens is 1.